The maximum atomic E-state index is 8.80. The molecule has 1 aromatic heterocycles. The normalized spacial score (nSPS) is 11.6. The summed E-state index contributed by atoms with van der Waals surface area (Å²) in [4.78, 5) is 6.33. The Kier molecular flexibility index (Phi) is 5.28. The van der Waals surface area contributed by atoms with Gasteiger partial charge in [-0.15, -0.1) is 0 Å². The zero-order chi connectivity index (χ0) is 12.7. The lowest BCUT2D eigenvalue weighted by Crippen LogP contribution is -2.23. The molecule has 92 valence electrons. The van der Waals surface area contributed by atoms with Gasteiger partial charge in [0.05, 0.1) is 12.0 Å². The molecule has 0 spiro atoms. The molecule has 0 aliphatic rings. The van der Waals surface area contributed by atoms with Crippen LogP contribution in [0.2, 0.25) is 0 Å². The molecule has 0 aliphatic heterocycles. The molecule has 4 nitrogen and oxygen atoms in total. The molecule has 0 aromatic carbocycles. The van der Waals surface area contributed by atoms with Gasteiger partial charge in [0.25, 0.3) is 0 Å². The van der Waals surface area contributed by atoms with E-state index in [4.69, 9.17) is 5.26 Å². The minimum Gasteiger partial charge on any atom is -0.373 e. The fraction of sp³-hybridized carbons (Fsp3) is 0.538. The van der Waals surface area contributed by atoms with Crippen LogP contribution < -0.4 is 10.2 Å². The predicted molar refractivity (Wildman–Crippen MR) is 71.1 cm³/mol. The molecule has 0 radical (unpaired) electrons. The highest BCUT2D eigenvalue weighted by atomic mass is 15.1. The number of aromatic nitrogens is 1. The third kappa shape index (κ3) is 4.31. The number of rotatable bonds is 6. The zero-order valence-electron chi connectivity index (χ0n) is 10.8. The van der Waals surface area contributed by atoms with Crippen molar-refractivity contribution in [3.05, 3.63) is 18.3 Å². The van der Waals surface area contributed by atoms with Crippen molar-refractivity contribution in [2.24, 2.45) is 5.92 Å². The van der Waals surface area contributed by atoms with Gasteiger partial charge in [0, 0.05) is 38.1 Å². The molecule has 0 bridgehead atoms. The maximum Gasteiger partial charge on any atom is 0.127 e. The third-order valence-electron chi connectivity index (χ3n) is 2.51. The fourth-order valence-electron chi connectivity index (χ4n) is 1.56. The monoisotopic (exact) mass is 232 g/mol. The quantitative estimate of drug-likeness (QED) is 0.818. The van der Waals surface area contributed by atoms with Gasteiger partial charge < -0.3 is 10.2 Å². The van der Waals surface area contributed by atoms with Crippen LogP contribution in [0.5, 0.6) is 0 Å². The number of nitrogens with zero attached hydrogens (tertiary/aromatic N) is 3. The van der Waals surface area contributed by atoms with Crippen molar-refractivity contribution in [1.82, 2.24) is 4.98 Å². The molecule has 1 rings (SSSR count). The van der Waals surface area contributed by atoms with Crippen LogP contribution >= 0.6 is 0 Å². The first-order chi connectivity index (χ1) is 8.17. The summed E-state index contributed by atoms with van der Waals surface area (Å²) in [6.45, 7) is 5.70. The van der Waals surface area contributed by atoms with E-state index in [0.717, 1.165) is 31.0 Å². The Morgan fingerprint density at radius 2 is 2.35 bits per heavy atom. The molecular formula is C13H20N4. The smallest absolute Gasteiger partial charge is 0.127 e. The number of pyridine rings is 1. The van der Waals surface area contributed by atoms with Crippen LogP contribution in [0.1, 0.15) is 20.3 Å². The maximum absolute atomic E-state index is 8.80. The van der Waals surface area contributed by atoms with Gasteiger partial charge in [0.1, 0.15) is 5.82 Å². The van der Waals surface area contributed by atoms with E-state index in [1.54, 1.807) is 6.20 Å². The van der Waals surface area contributed by atoms with E-state index in [1.165, 1.54) is 0 Å². The Balaban J connectivity index is 2.67. The van der Waals surface area contributed by atoms with Crippen LogP contribution in [0.3, 0.4) is 0 Å². The molecule has 0 aliphatic carbocycles. The molecule has 0 amide bonds. The molecule has 1 aromatic rings. The van der Waals surface area contributed by atoms with Crippen LogP contribution in [-0.4, -0.2) is 25.1 Å². The van der Waals surface area contributed by atoms with Crippen LogP contribution in [0, 0.1) is 17.2 Å². The zero-order valence-corrected chi connectivity index (χ0v) is 10.8. The van der Waals surface area contributed by atoms with Gasteiger partial charge in [0.15, 0.2) is 0 Å². The molecule has 0 saturated carbocycles. The second-order valence-electron chi connectivity index (χ2n) is 4.24. The first-order valence-corrected chi connectivity index (χ1v) is 5.98. The second-order valence-corrected chi connectivity index (χ2v) is 4.24. The average Bonchev–Trinajstić information content (AvgIpc) is 2.36. The first-order valence-electron chi connectivity index (χ1n) is 5.98. The molecule has 1 heterocycles. The van der Waals surface area contributed by atoms with Crippen molar-refractivity contribution in [1.29, 1.82) is 5.26 Å². The molecule has 1 N–H and O–H groups in total. The third-order valence-corrected chi connectivity index (χ3v) is 2.51. The highest BCUT2D eigenvalue weighted by molar-refractivity contribution is 5.53. The minimum absolute atomic E-state index is 0.0280. The molecule has 1 atom stereocenters. The van der Waals surface area contributed by atoms with E-state index in [9.17, 15) is 0 Å². The van der Waals surface area contributed by atoms with E-state index in [-0.39, 0.29) is 5.92 Å². The lowest BCUT2D eigenvalue weighted by molar-refractivity contribution is 0.716. The standard InChI is InChI=1S/C13H20N4/c1-4-6-15-13-8-12(5-7-16-13)17(3)10-11(2)9-14/h5,7-8,11H,4,6,10H2,1-3H3,(H,15,16). The Hall–Kier alpha value is -1.76. The summed E-state index contributed by atoms with van der Waals surface area (Å²) < 4.78 is 0. The molecule has 0 fully saturated rings. The molecule has 0 saturated heterocycles. The van der Waals surface area contributed by atoms with Crippen LogP contribution in [0.4, 0.5) is 11.5 Å². The Labute approximate surface area is 103 Å². The van der Waals surface area contributed by atoms with Gasteiger partial charge in [-0.3, -0.25) is 0 Å². The van der Waals surface area contributed by atoms with Crippen LogP contribution in [0.25, 0.3) is 0 Å². The largest absolute Gasteiger partial charge is 0.373 e. The summed E-state index contributed by atoms with van der Waals surface area (Å²) in [7, 11) is 1.99. The van der Waals surface area contributed by atoms with E-state index in [1.807, 2.05) is 26.1 Å². The Morgan fingerprint density at radius 1 is 1.59 bits per heavy atom. The Morgan fingerprint density at radius 3 is 3.00 bits per heavy atom. The molecule has 4 heteroatoms. The van der Waals surface area contributed by atoms with E-state index >= 15 is 0 Å². The highest BCUT2D eigenvalue weighted by Gasteiger charge is 2.06. The van der Waals surface area contributed by atoms with E-state index < -0.39 is 0 Å². The van der Waals surface area contributed by atoms with Crippen LogP contribution in [-0.2, 0) is 0 Å². The molecular weight excluding hydrogens is 212 g/mol. The summed E-state index contributed by atoms with van der Waals surface area (Å²) in [5.74, 6) is 0.918. The van der Waals surface area contributed by atoms with E-state index in [2.05, 4.69) is 28.2 Å². The fourth-order valence-corrected chi connectivity index (χ4v) is 1.56. The van der Waals surface area contributed by atoms with Crippen molar-refractivity contribution in [2.75, 3.05) is 30.4 Å². The van der Waals surface area contributed by atoms with Gasteiger partial charge in [0.2, 0.25) is 0 Å². The van der Waals surface area contributed by atoms with Crippen molar-refractivity contribution < 1.29 is 0 Å². The van der Waals surface area contributed by atoms with Gasteiger partial charge >= 0.3 is 0 Å². The lowest BCUT2D eigenvalue weighted by Gasteiger charge is -2.20. The average molecular weight is 232 g/mol. The topological polar surface area (TPSA) is 52.0 Å². The lowest BCUT2D eigenvalue weighted by atomic mass is 10.2. The molecule has 1 unspecified atom stereocenters. The predicted octanol–water partition coefficient (Wildman–Crippen LogP) is 2.50. The number of nitriles is 1. The summed E-state index contributed by atoms with van der Waals surface area (Å²) in [5, 5.41) is 12.1. The number of anilines is 2. The van der Waals surface area contributed by atoms with Gasteiger partial charge in [-0.05, 0) is 19.4 Å². The first kappa shape index (κ1) is 13.3. The van der Waals surface area contributed by atoms with Crippen molar-refractivity contribution in [2.45, 2.75) is 20.3 Å². The number of hydrogen-bond donors (Lipinski definition) is 1. The minimum atomic E-state index is 0.0280. The van der Waals surface area contributed by atoms with Crippen LogP contribution in [0.15, 0.2) is 18.3 Å². The number of hydrogen-bond acceptors (Lipinski definition) is 4. The van der Waals surface area contributed by atoms with Crippen molar-refractivity contribution in [3.63, 3.8) is 0 Å². The number of nitrogens with one attached hydrogen (secondary N) is 1. The summed E-state index contributed by atoms with van der Waals surface area (Å²) in [5.41, 5.74) is 1.08. The van der Waals surface area contributed by atoms with Crippen molar-refractivity contribution in [3.8, 4) is 6.07 Å². The summed E-state index contributed by atoms with van der Waals surface area (Å²) in [6, 6.07) is 6.21. The highest BCUT2D eigenvalue weighted by Crippen LogP contribution is 2.16. The molecule has 17 heavy (non-hydrogen) atoms. The second kappa shape index (κ2) is 6.74. The SMILES string of the molecule is CCCNc1cc(N(C)CC(C)C#N)ccn1. The Bertz CT molecular complexity index is 383. The van der Waals surface area contributed by atoms with Gasteiger partial charge in [-0.1, -0.05) is 6.92 Å². The van der Waals surface area contributed by atoms with E-state index in [0.29, 0.717) is 0 Å². The summed E-state index contributed by atoms with van der Waals surface area (Å²) >= 11 is 0. The van der Waals surface area contributed by atoms with Gasteiger partial charge in [-0.25, -0.2) is 4.98 Å². The van der Waals surface area contributed by atoms with Gasteiger partial charge in [-0.2, -0.15) is 5.26 Å². The van der Waals surface area contributed by atoms with Crippen molar-refractivity contribution >= 4 is 11.5 Å². The summed E-state index contributed by atoms with van der Waals surface area (Å²) in [6.07, 6.45) is 2.87.